The summed E-state index contributed by atoms with van der Waals surface area (Å²) in [6.45, 7) is 5.32. The first-order valence-corrected chi connectivity index (χ1v) is 9.46. The largest absolute Gasteiger partial charge is 0.493 e. The summed E-state index contributed by atoms with van der Waals surface area (Å²) < 4.78 is 16.0. The fourth-order valence-electron chi connectivity index (χ4n) is 3.58. The quantitative estimate of drug-likeness (QED) is 0.771. The van der Waals surface area contributed by atoms with Crippen molar-refractivity contribution < 1.29 is 23.9 Å². The van der Waals surface area contributed by atoms with Crippen molar-refractivity contribution in [2.24, 2.45) is 0 Å². The lowest BCUT2D eigenvalue weighted by Crippen LogP contribution is -2.39. The van der Waals surface area contributed by atoms with Crippen LogP contribution >= 0.6 is 0 Å². The molecule has 0 spiro atoms. The number of benzene rings is 1. The minimum Gasteiger partial charge on any atom is -0.493 e. The van der Waals surface area contributed by atoms with Crippen LogP contribution in [0.15, 0.2) is 22.7 Å². The lowest BCUT2D eigenvalue weighted by atomic mass is 9.94. The second-order valence-corrected chi connectivity index (χ2v) is 7.31. The van der Waals surface area contributed by atoms with Crippen LogP contribution in [0.4, 0.5) is 0 Å². The zero-order chi connectivity index (χ0) is 20.3. The Morgan fingerprint density at radius 3 is 2.43 bits per heavy atom. The second kappa shape index (κ2) is 8.60. The van der Waals surface area contributed by atoms with Gasteiger partial charge in [-0.2, -0.15) is 4.98 Å². The van der Waals surface area contributed by atoms with Crippen molar-refractivity contribution in [2.45, 2.75) is 44.6 Å². The maximum Gasteiger partial charge on any atom is 0.325 e. The summed E-state index contributed by atoms with van der Waals surface area (Å²) in [5.74, 6) is 1.97. The van der Waals surface area contributed by atoms with E-state index >= 15 is 0 Å². The number of likely N-dealkylation sites (tertiary alicyclic amines) is 1. The summed E-state index contributed by atoms with van der Waals surface area (Å²) in [5, 5.41) is 13.9. The highest BCUT2D eigenvalue weighted by Gasteiger charge is 2.33. The van der Waals surface area contributed by atoms with Gasteiger partial charge in [-0.05, 0) is 30.5 Å². The number of aliphatic carboxylic acids is 1. The monoisotopic (exact) mass is 389 g/mol. The summed E-state index contributed by atoms with van der Waals surface area (Å²) in [7, 11) is 3.10. The molecule has 1 atom stereocenters. The summed E-state index contributed by atoms with van der Waals surface area (Å²) in [6, 6.07) is 4.51. The first-order valence-electron chi connectivity index (χ1n) is 9.46. The van der Waals surface area contributed by atoms with Gasteiger partial charge in [0.15, 0.2) is 17.3 Å². The average Bonchev–Trinajstić information content (AvgIpc) is 3.19. The van der Waals surface area contributed by atoms with Gasteiger partial charge in [0.2, 0.25) is 5.89 Å². The van der Waals surface area contributed by atoms with Crippen LogP contribution in [0.2, 0.25) is 0 Å². The Morgan fingerprint density at radius 1 is 1.21 bits per heavy atom. The van der Waals surface area contributed by atoms with Crippen LogP contribution in [0.25, 0.3) is 0 Å². The standard InChI is InChI=1S/C20H27N3O5/c1-12(2)18-21-19(28-22-18)13-7-9-23(10-8-13)17(20(24)25)14-5-6-15(26-3)16(11-14)27-4/h5-6,11-13,17H,7-10H2,1-4H3,(H,24,25). The maximum atomic E-state index is 12.0. The Kier molecular flexibility index (Phi) is 6.18. The van der Waals surface area contributed by atoms with Gasteiger partial charge in [-0.1, -0.05) is 25.1 Å². The molecule has 1 saturated heterocycles. The molecule has 2 heterocycles. The van der Waals surface area contributed by atoms with Gasteiger partial charge in [-0.15, -0.1) is 0 Å². The zero-order valence-electron chi connectivity index (χ0n) is 16.7. The molecule has 1 N–H and O–H groups in total. The summed E-state index contributed by atoms with van der Waals surface area (Å²) >= 11 is 0. The number of aromatic nitrogens is 2. The Morgan fingerprint density at radius 2 is 1.89 bits per heavy atom. The molecule has 1 aliphatic rings. The third-order valence-corrected chi connectivity index (χ3v) is 5.18. The molecular formula is C20H27N3O5. The van der Waals surface area contributed by atoms with Gasteiger partial charge in [0.05, 0.1) is 14.2 Å². The van der Waals surface area contributed by atoms with Gasteiger partial charge in [-0.25, -0.2) is 0 Å². The Bertz CT molecular complexity index is 812. The van der Waals surface area contributed by atoms with Gasteiger partial charge in [0.1, 0.15) is 6.04 Å². The van der Waals surface area contributed by atoms with E-state index in [1.165, 1.54) is 0 Å². The van der Waals surface area contributed by atoms with E-state index in [4.69, 9.17) is 14.0 Å². The molecule has 8 nitrogen and oxygen atoms in total. The number of carboxylic acids is 1. The minimum absolute atomic E-state index is 0.163. The number of rotatable bonds is 7. The number of piperidine rings is 1. The molecule has 0 aliphatic carbocycles. The fourth-order valence-corrected chi connectivity index (χ4v) is 3.58. The molecule has 0 bridgehead atoms. The molecule has 1 aromatic carbocycles. The molecular weight excluding hydrogens is 362 g/mol. The maximum absolute atomic E-state index is 12.0. The number of nitrogens with zero attached hydrogens (tertiary/aromatic N) is 3. The van der Waals surface area contributed by atoms with Crippen molar-refractivity contribution in [3.63, 3.8) is 0 Å². The first-order chi connectivity index (χ1) is 13.4. The molecule has 152 valence electrons. The van der Waals surface area contributed by atoms with Gasteiger partial charge < -0.3 is 19.1 Å². The van der Waals surface area contributed by atoms with E-state index in [1.807, 2.05) is 18.7 Å². The van der Waals surface area contributed by atoms with Gasteiger partial charge in [0, 0.05) is 24.9 Å². The highest BCUT2D eigenvalue weighted by atomic mass is 16.5. The van der Waals surface area contributed by atoms with Crippen molar-refractivity contribution in [3.8, 4) is 11.5 Å². The highest BCUT2D eigenvalue weighted by Crippen LogP contribution is 2.35. The molecule has 1 fully saturated rings. The van der Waals surface area contributed by atoms with Crippen molar-refractivity contribution in [3.05, 3.63) is 35.5 Å². The molecule has 0 radical (unpaired) electrons. The Balaban J connectivity index is 1.73. The molecule has 0 amide bonds. The lowest BCUT2D eigenvalue weighted by molar-refractivity contribution is -0.144. The van der Waals surface area contributed by atoms with E-state index in [1.54, 1.807) is 32.4 Å². The third-order valence-electron chi connectivity index (χ3n) is 5.18. The topological polar surface area (TPSA) is 97.9 Å². The van der Waals surface area contributed by atoms with Crippen LogP contribution in [0.1, 0.15) is 61.8 Å². The van der Waals surface area contributed by atoms with Crippen LogP contribution in [-0.2, 0) is 4.79 Å². The van der Waals surface area contributed by atoms with E-state index < -0.39 is 12.0 Å². The molecule has 1 aromatic heterocycles. The number of methoxy groups -OCH3 is 2. The molecule has 1 unspecified atom stereocenters. The third kappa shape index (κ3) is 4.11. The van der Waals surface area contributed by atoms with E-state index in [2.05, 4.69) is 10.1 Å². The van der Waals surface area contributed by atoms with Crippen LogP contribution in [0.3, 0.4) is 0 Å². The van der Waals surface area contributed by atoms with Crippen LogP contribution in [-0.4, -0.2) is 53.4 Å². The Labute approximate surface area is 164 Å². The van der Waals surface area contributed by atoms with Crippen molar-refractivity contribution in [1.82, 2.24) is 15.0 Å². The molecule has 0 saturated carbocycles. The number of ether oxygens (including phenoxy) is 2. The zero-order valence-corrected chi connectivity index (χ0v) is 16.7. The van der Waals surface area contributed by atoms with Crippen LogP contribution in [0, 0.1) is 0 Å². The van der Waals surface area contributed by atoms with Crippen molar-refractivity contribution in [2.75, 3.05) is 27.3 Å². The van der Waals surface area contributed by atoms with E-state index in [-0.39, 0.29) is 11.8 Å². The normalized spacial score (nSPS) is 16.9. The van der Waals surface area contributed by atoms with Gasteiger partial charge in [-0.3, -0.25) is 9.69 Å². The molecule has 3 rings (SSSR count). The van der Waals surface area contributed by atoms with Gasteiger partial charge in [0.25, 0.3) is 0 Å². The SMILES string of the molecule is COc1ccc(C(C(=O)O)N2CCC(c3nc(C(C)C)no3)CC2)cc1OC. The van der Waals surface area contributed by atoms with E-state index in [0.29, 0.717) is 41.9 Å². The Hall–Kier alpha value is -2.61. The summed E-state index contributed by atoms with van der Waals surface area (Å²) in [4.78, 5) is 18.5. The van der Waals surface area contributed by atoms with Crippen LogP contribution in [0.5, 0.6) is 11.5 Å². The molecule has 8 heteroatoms. The molecule has 1 aliphatic heterocycles. The summed E-state index contributed by atoms with van der Waals surface area (Å²) in [5.41, 5.74) is 0.670. The highest BCUT2D eigenvalue weighted by molar-refractivity contribution is 5.76. The molecule has 2 aromatic rings. The van der Waals surface area contributed by atoms with E-state index in [9.17, 15) is 9.90 Å². The van der Waals surface area contributed by atoms with E-state index in [0.717, 1.165) is 12.8 Å². The lowest BCUT2D eigenvalue weighted by Gasteiger charge is -2.34. The number of carbonyl (C=O) groups is 1. The smallest absolute Gasteiger partial charge is 0.325 e. The average molecular weight is 389 g/mol. The van der Waals surface area contributed by atoms with Crippen molar-refractivity contribution in [1.29, 1.82) is 0 Å². The minimum atomic E-state index is -0.884. The van der Waals surface area contributed by atoms with Crippen LogP contribution < -0.4 is 9.47 Å². The second-order valence-electron chi connectivity index (χ2n) is 7.31. The number of hydrogen-bond acceptors (Lipinski definition) is 7. The molecule has 28 heavy (non-hydrogen) atoms. The predicted molar refractivity (Wildman–Crippen MR) is 102 cm³/mol. The number of hydrogen-bond donors (Lipinski definition) is 1. The fraction of sp³-hybridized carbons (Fsp3) is 0.550. The van der Waals surface area contributed by atoms with Crippen molar-refractivity contribution >= 4 is 5.97 Å². The van der Waals surface area contributed by atoms with Gasteiger partial charge >= 0.3 is 5.97 Å². The predicted octanol–water partition coefficient (Wildman–Crippen LogP) is 3.22. The number of carboxylic acid groups (broad SMARTS) is 1. The summed E-state index contributed by atoms with van der Waals surface area (Å²) in [6.07, 6.45) is 1.55. The first kappa shape index (κ1) is 20.1.